The van der Waals surface area contributed by atoms with Crippen LogP contribution in [0.15, 0.2) is 48.5 Å². The summed E-state index contributed by atoms with van der Waals surface area (Å²) >= 11 is 0. The zero-order chi connectivity index (χ0) is 14.7. The third-order valence-corrected chi connectivity index (χ3v) is 3.47. The number of hydrogen-bond donors (Lipinski definition) is 2. The van der Waals surface area contributed by atoms with Crippen LogP contribution in [0.1, 0.15) is 28.8 Å². The van der Waals surface area contributed by atoms with Crippen molar-refractivity contribution in [1.82, 2.24) is 5.32 Å². The van der Waals surface area contributed by atoms with Crippen LogP contribution in [0.3, 0.4) is 0 Å². The first-order valence-electron chi connectivity index (χ1n) is 7.11. The molecule has 0 bridgehead atoms. The maximum Gasteiger partial charge on any atom is 0.248 e. The maximum absolute atomic E-state index is 11.0. The van der Waals surface area contributed by atoms with Crippen molar-refractivity contribution in [2.24, 2.45) is 5.73 Å². The third kappa shape index (κ3) is 3.83. The molecule has 2 aromatic rings. The van der Waals surface area contributed by atoms with Gasteiger partial charge in [0, 0.05) is 18.2 Å². The molecule has 3 rings (SSSR count). The highest BCUT2D eigenvalue weighted by Gasteiger charge is 2.19. The molecular weight excluding hydrogens is 264 g/mol. The molecule has 0 atom stereocenters. The van der Waals surface area contributed by atoms with Crippen LogP contribution in [0, 0.1) is 0 Å². The summed E-state index contributed by atoms with van der Waals surface area (Å²) in [6.07, 6.45) is 2.59. The van der Waals surface area contributed by atoms with E-state index < -0.39 is 5.91 Å². The predicted molar refractivity (Wildman–Crippen MR) is 81.3 cm³/mol. The fourth-order valence-electron chi connectivity index (χ4n) is 2.05. The number of carbonyl (C=O) groups excluding carboxylic acids is 1. The summed E-state index contributed by atoms with van der Waals surface area (Å²) in [5.74, 6) is 1.02. The SMILES string of the molecule is NC(=O)c1ccc(Oc2ccc(CNC3CC3)cc2)cc1. The Balaban J connectivity index is 1.59. The summed E-state index contributed by atoms with van der Waals surface area (Å²) in [5.41, 5.74) is 6.93. The molecule has 3 N–H and O–H groups in total. The molecule has 108 valence electrons. The summed E-state index contributed by atoms with van der Waals surface area (Å²) in [6, 6.07) is 15.5. The van der Waals surface area contributed by atoms with Crippen LogP contribution < -0.4 is 15.8 Å². The van der Waals surface area contributed by atoms with E-state index in [1.165, 1.54) is 18.4 Å². The van der Waals surface area contributed by atoms with Crippen molar-refractivity contribution in [1.29, 1.82) is 0 Å². The van der Waals surface area contributed by atoms with E-state index >= 15 is 0 Å². The average Bonchev–Trinajstić information content (AvgIpc) is 3.31. The number of amides is 1. The normalized spacial score (nSPS) is 13.9. The highest BCUT2D eigenvalue weighted by molar-refractivity contribution is 5.92. The quantitative estimate of drug-likeness (QED) is 0.856. The van der Waals surface area contributed by atoms with E-state index in [0.29, 0.717) is 17.4 Å². The lowest BCUT2D eigenvalue weighted by Gasteiger charge is -2.08. The zero-order valence-corrected chi connectivity index (χ0v) is 11.7. The Kier molecular flexibility index (Phi) is 3.88. The summed E-state index contributed by atoms with van der Waals surface area (Å²) < 4.78 is 5.73. The molecule has 0 aromatic heterocycles. The van der Waals surface area contributed by atoms with Gasteiger partial charge in [-0.25, -0.2) is 0 Å². The molecule has 1 saturated carbocycles. The Morgan fingerprint density at radius 2 is 1.62 bits per heavy atom. The van der Waals surface area contributed by atoms with Gasteiger partial charge in [0.25, 0.3) is 0 Å². The minimum absolute atomic E-state index is 0.436. The summed E-state index contributed by atoms with van der Waals surface area (Å²) in [5, 5.41) is 3.47. The van der Waals surface area contributed by atoms with Gasteiger partial charge in [0.1, 0.15) is 11.5 Å². The van der Waals surface area contributed by atoms with Crippen LogP contribution in [-0.2, 0) is 6.54 Å². The average molecular weight is 282 g/mol. The predicted octanol–water partition coefficient (Wildman–Crippen LogP) is 2.83. The molecule has 1 amide bonds. The van der Waals surface area contributed by atoms with Gasteiger partial charge in [-0.05, 0) is 54.8 Å². The van der Waals surface area contributed by atoms with Gasteiger partial charge in [-0.2, -0.15) is 0 Å². The molecule has 4 nitrogen and oxygen atoms in total. The molecule has 0 aliphatic heterocycles. The first kappa shape index (κ1) is 13.6. The summed E-state index contributed by atoms with van der Waals surface area (Å²) in [6.45, 7) is 0.901. The molecular formula is C17H18N2O2. The van der Waals surface area contributed by atoms with E-state index in [1.54, 1.807) is 24.3 Å². The van der Waals surface area contributed by atoms with E-state index in [2.05, 4.69) is 17.4 Å². The van der Waals surface area contributed by atoms with E-state index in [4.69, 9.17) is 10.5 Å². The first-order chi connectivity index (χ1) is 10.2. The van der Waals surface area contributed by atoms with Gasteiger partial charge in [-0.1, -0.05) is 12.1 Å². The number of ether oxygens (including phenoxy) is 1. The smallest absolute Gasteiger partial charge is 0.248 e. The van der Waals surface area contributed by atoms with Gasteiger partial charge in [-0.3, -0.25) is 4.79 Å². The highest BCUT2D eigenvalue weighted by atomic mass is 16.5. The number of benzene rings is 2. The highest BCUT2D eigenvalue weighted by Crippen LogP contribution is 2.23. The van der Waals surface area contributed by atoms with Crippen molar-refractivity contribution in [3.63, 3.8) is 0 Å². The minimum atomic E-state index is -0.436. The lowest BCUT2D eigenvalue weighted by atomic mass is 10.2. The van der Waals surface area contributed by atoms with Crippen molar-refractivity contribution < 1.29 is 9.53 Å². The largest absolute Gasteiger partial charge is 0.457 e. The number of carbonyl (C=O) groups is 1. The molecule has 0 spiro atoms. The number of primary amides is 1. The van der Waals surface area contributed by atoms with Crippen LogP contribution in [0.25, 0.3) is 0 Å². The number of hydrogen-bond acceptors (Lipinski definition) is 3. The van der Waals surface area contributed by atoms with Crippen molar-refractivity contribution in [2.75, 3.05) is 0 Å². The van der Waals surface area contributed by atoms with Crippen LogP contribution in [0.5, 0.6) is 11.5 Å². The fourth-order valence-corrected chi connectivity index (χ4v) is 2.05. The second kappa shape index (κ2) is 5.97. The van der Waals surface area contributed by atoms with Gasteiger partial charge in [0.05, 0.1) is 0 Å². The van der Waals surface area contributed by atoms with Gasteiger partial charge in [0.15, 0.2) is 0 Å². The van der Waals surface area contributed by atoms with Crippen molar-refractivity contribution in [3.8, 4) is 11.5 Å². The van der Waals surface area contributed by atoms with Crippen LogP contribution >= 0.6 is 0 Å². The molecule has 0 saturated heterocycles. The Hall–Kier alpha value is -2.33. The first-order valence-corrected chi connectivity index (χ1v) is 7.11. The summed E-state index contributed by atoms with van der Waals surface area (Å²) in [4.78, 5) is 11.0. The van der Waals surface area contributed by atoms with Crippen molar-refractivity contribution in [3.05, 3.63) is 59.7 Å². The van der Waals surface area contributed by atoms with Gasteiger partial charge in [0.2, 0.25) is 5.91 Å². The standard InChI is InChI=1S/C17H18N2O2/c18-17(20)13-3-9-16(10-4-13)21-15-7-1-12(2-8-15)11-19-14-5-6-14/h1-4,7-10,14,19H,5-6,11H2,(H2,18,20). The molecule has 0 heterocycles. The minimum Gasteiger partial charge on any atom is -0.457 e. The van der Waals surface area contributed by atoms with Crippen molar-refractivity contribution in [2.45, 2.75) is 25.4 Å². The molecule has 21 heavy (non-hydrogen) atoms. The molecule has 1 aliphatic rings. The van der Waals surface area contributed by atoms with Crippen LogP contribution in [0.4, 0.5) is 0 Å². The monoisotopic (exact) mass is 282 g/mol. The van der Waals surface area contributed by atoms with E-state index in [0.717, 1.165) is 12.3 Å². The number of nitrogens with two attached hydrogens (primary N) is 1. The van der Waals surface area contributed by atoms with Gasteiger partial charge in [-0.15, -0.1) is 0 Å². The van der Waals surface area contributed by atoms with E-state index in [-0.39, 0.29) is 0 Å². The molecule has 2 aromatic carbocycles. The van der Waals surface area contributed by atoms with E-state index in [1.807, 2.05) is 12.1 Å². The Morgan fingerprint density at radius 3 is 2.14 bits per heavy atom. The van der Waals surface area contributed by atoms with Crippen LogP contribution in [-0.4, -0.2) is 11.9 Å². The van der Waals surface area contributed by atoms with Gasteiger partial charge >= 0.3 is 0 Å². The molecule has 1 aliphatic carbocycles. The molecule has 0 radical (unpaired) electrons. The Bertz CT molecular complexity index is 616. The molecule has 0 unspecified atom stereocenters. The summed E-state index contributed by atoms with van der Waals surface area (Å²) in [7, 11) is 0. The lowest BCUT2D eigenvalue weighted by molar-refractivity contribution is 0.100. The Morgan fingerprint density at radius 1 is 1.05 bits per heavy atom. The van der Waals surface area contributed by atoms with Gasteiger partial charge < -0.3 is 15.8 Å². The lowest BCUT2D eigenvalue weighted by Crippen LogP contribution is -2.14. The van der Waals surface area contributed by atoms with Crippen LogP contribution in [0.2, 0.25) is 0 Å². The van der Waals surface area contributed by atoms with Crippen molar-refractivity contribution >= 4 is 5.91 Å². The number of nitrogens with one attached hydrogen (secondary N) is 1. The maximum atomic E-state index is 11.0. The second-order valence-electron chi connectivity index (χ2n) is 5.29. The molecule has 4 heteroatoms. The number of rotatable bonds is 6. The Labute approximate surface area is 123 Å². The zero-order valence-electron chi connectivity index (χ0n) is 11.7. The second-order valence-corrected chi connectivity index (χ2v) is 5.29. The third-order valence-electron chi connectivity index (χ3n) is 3.47. The fraction of sp³-hybridized carbons (Fsp3) is 0.235. The molecule has 1 fully saturated rings. The topological polar surface area (TPSA) is 64.4 Å². The van der Waals surface area contributed by atoms with E-state index in [9.17, 15) is 4.79 Å².